The highest BCUT2D eigenvalue weighted by molar-refractivity contribution is 5.85. The zero-order chi connectivity index (χ0) is 11.8. The molecule has 1 rings (SSSR count). The van der Waals surface area contributed by atoms with Crippen molar-refractivity contribution >= 4 is 12.4 Å². The van der Waals surface area contributed by atoms with E-state index in [1.807, 2.05) is 31.2 Å². The standard InChI is InChI=1S/C13H22N2O.ClH/c1-2-16-12-8-6-11(7-9-12)13(15)5-3-4-10-14;/h6-9,13H,2-5,10,14-15H2,1H3;1H/t13-;/m1./s1. The van der Waals surface area contributed by atoms with Crippen LogP contribution in [0.2, 0.25) is 0 Å². The molecule has 0 aromatic heterocycles. The van der Waals surface area contributed by atoms with Gasteiger partial charge in [-0.15, -0.1) is 12.4 Å². The number of unbranched alkanes of at least 4 members (excludes halogenated alkanes) is 1. The first-order valence-corrected chi connectivity index (χ1v) is 5.96. The van der Waals surface area contributed by atoms with Crippen molar-refractivity contribution in [2.45, 2.75) is 32.2 Å². The van der Waals surface area contributed by atoms with Gasteiger partial charge in [-0.25, -0.2) is 0 Å². The molecule has 1 atom stereocenters. The molecule has 0 radical (unpaired) electrons. The third-order valence-electron chi connectivity index (χ3n) is 2.59. The van der Waals surface area contributed by atoms with E-state index in [9.17, 15) is 0 Å². The molecule has 0 aliphatic heterocycles. The molecule has 0 amide bonds. The second-order valence-corrected chi connectivity index (χ2v) is 3.89. The Morgan fingerprint density at radius 3 is 2.35 bits per heavy atom. The third kappa shape index (κ3) is 5.91. The highest BCUT2D eigenvalue weighted by atomic mass is 35.5. The lowest BCUT2D eigenvalue weighted by Crippen LogP contribution is -2.11. The van der Waals surface area contributed by atoms with E-state index >= 15 is 0 Å². The summed E-state index contributed by atoms with van der Waals surface area (Å²) < 4.78 is 5.38. The van der Waals surface area contributed by atoms with Crippen LogP contribution in [-0.4, -0.2) is 13.2 Å². The zero-order valence-corrected chi connectivity index (χ0v) is 11.2. The molecule has 1 aromatic rings. The summed E-state index contributed by atoms with van der Waals surface area (Å²) in [5.41, 5.74) is 12.7. The molecule has 4 N–H and O–H groups in total. The molecule has 0 aliphatic carbocycles. The lowest BCUT2D eigenvalue weighted by Gasteiger charge is -2.12. The summed E-state index contributed by atoms with van der Waals surface area (Å²) in [6.07, 6.45) is 3.13. The molecule has 0 aliphatic rings. The fraction of sp³-hybridized carbons (Fsp3) is 0.538. The summed E-state index contributed by atoms with van der Waals surface area (Å²) in [4.78, 5) is 0. The summed E-state index contributed by atoms with van der Waals surface area (Å²) in [5.74, 6) is 0.903. The normalized spacial score (nSPS) is 11.7. The lowest BCUT2D eigenvalue weighted by atomic mass is 10.0. The number of hydrogen-bond donors (Lipinski definition) is 2. The summed E-state index contributed by atoms with van der Waals surface area (Å²) in [6.45, 7) is 3.42. The molecule has 0 spiro atoms. The molecule has 17 heavy (non-hydrogen) atoms. The first kappa shape index (κ1) is 16.2. The molecule has 0 saturated heterocycles. The van der Waals surface area contributed by atoms with Crippen LogP contribution in [0.15, 0.2) is 24.3 Å². The first-order valence-electron chi connectivity index (χ1n) is 5.96. The smallest absolute Gasteiger partial charge is 0.119 e. The van der Waals surface area contributed by atoms with E-state index in [0.29, 0.717) is 6.61 Å². The van der Waals surface area contributed by atoms with Crippen LogP contribution in [0.25, 0.3) is 0 Å². The highest BCUT2D eigenvalue weighted by Gasteiger charge is 2.05. The van der Waals surface area contributed by atoms with Gasteiger partial charge in [0.15, 0.2) is 0 Å². The quantitative estimate of drug-likeness (QED) is 0.739. The Kier molecular flexibility index (Phi) is 8.86. The average molecular weight is 259 g/mol. The van der Waals surface area contributed by atoms with Crippen molar-refractivity contribution in [3.05, 3.63) is 29.8 Å². The van der Waals surface area contributed by atoms with Gasteiger partial charge in [0, 0.05) is 6.04 Å². The fourth-order valence-electron chi connectivity index (χ4n) is 1.65. The lowest BCUT2D eigenvalue weighted by molar-refractivity contribution is 0.340. The maximum atomic E-state index is 6.08. The van der Waals surface area contributed by atoms with E-state index in [-0.39, 0.29) is 18.4 Å². The van der Waals surface area contributed by atoms with Gasteiger partial charge >= 0.3 is 0 Å². The Bertz CT molecular complexity index is 290. The molecular formula is C13H23ClN2O. The number of benzene rings is 1. The van der Waals surface area contributed by atoms with Gasteiger partial charge in [0.2, 0.25) is 0 Å². The molecule has 0 heterocycles. The zero-order valence-electron chi connectivity index (χ0n) is 10.4. The van der Waals surface area contributed by atoms with Gasteiger partial charge in [-0.2, -0.15) is 0 Å². The predicted octanol–water partition coefficient (Wildman–Crippen LogP) is 2.64. The van der Waals surface area contributed by atoms with Gasteiger partial charge in [-0.05, 0) is 44.0 Å². The van der Waals surface area contributed by atoms with Crippen LogP contribution in [0.1, 0.15) is 37.8 Å². The van der Waals surface area contributed by atoms with E-state index in [1.165, 1.54) is 5.56 Å². The van der Waals surface area contributed by atoms with Crippen molar-refractivity contribution in [2.24, 2.45) is 11.5 Å². The molecule has 0 unspecified atom stereocenters. The topological polar surface area (TPSA) is 61.3 Å². The molecule has 4 heteroatoms. The van der Waals surface area contributed by atoms with E-state index in [1.54, 1.807) is 0 Å². The Morgan fingerprint density at radius 2 is 1.82 bits per heavy atom. The maximum Gasteiger partial charge on any atom is 0.119 e. The Balaban J connectivity index is 0.00000256. The number of halogens is 1. The molecule has 0 bridgehead atoms. The van der Waals surface area contributed by atoms with E-state index in [0.717, 1.165) is 31.6 Å². The number of ether oxygens (including phenoxy) is 1. The van der Waals surface area contributed by atoms with Gasteiger partial charge < -0.3 is 16.2 Å². The van der Waals surface area contributed by atoms with Gasteiger partial charge in [-0.1, -0.05) is 18.6 Å². The molecule has 98 valence electrons. The van der Waals surface area contributed by atoms with Crippen LogP contribution in [-0.2, 0) is 0 Å². The number of hydrogen-bond acceptors (Lipinski definition) is 3. The first-order chi connectivity index (χ1) is 7.77. The number of nitrogens with two attached hydrogens (primary N) is 2. The molecule has 0 saturated carbocycles. The summed E-state index contributed by atoms with van der Waals surface area (Å²) in [6, 6.07) is 8.14. The van der Waals surface area contributed by atoms with Crippen molar-refractivity contribution in [1.29, 1.82) is 0 Å². The minimum Gasteiger partial charge on any atom is -0.494 e. The van der Waals surface area contributed by atoms with Crippen LogP contribution >= 0.6 is 12.4 Å². The van der Waals surface area contributed by atoms with Gasteiger partial charge in [0.05, 0.1) is 6.61 Å². The Hall–Kier alpha value is -0.770. The van der Waals surface area contributed by atoms with Crippen LogP contribution in [0.4, 0.5) is 0 Å². The minimum absolute atomic E-state index is 0. The molecule has 1 aromatic carbocycles. The SMILES string of the molecule is CCOc1ccc([C@H](N)CCCCN)cc1.Cl. The van der Waals surface area contributed by atoms with Crippen molar-refractivity contribution in [3.8, 4) is 5.75 Å². The van der Waals surface area contributed by atoms with Crippen LogP contribution in [0.3, 0.4) is 0 Å². The van der Waals surface area contributed by atoms with Crippen molar-refractivity contribution in [3.63, 3.8) is 0 Å². The average Bonchev–Trinajstić information content (AvgIpc) is 2.30. The summed E-state index contributed by atoms with van der Waals surface area (Å²) >= 11 is 0. The summed E-state index contributed by atoms with van der Waals surface area (Å²) in [5, 5.41) is 0. The van der Waals surface area contributed by atoms with Gasteiger partial charge in [0.1, 0.15) is 5.75 Å². The van der Waals surface area contributed by atoms with E-state index in [4.69, 9.17) is 16.2 Å². The third-order valence-corrected chi connectivity index (χ3v) is 2.59. The highest BCUT2D eigenvalue weighted by Crippen LogP contribution is 2.19. The number of rotatable bonds is 7. The van der Waals surface area contributed by atoms with E-state index < -0.39 is 0 Å². The van der Waals surface area contributed by atoms with Crippen LogP contribution in [0.5, 0.6) is 5.75 Å². The Labute approximate surface area is 110 Å². The van der Waals surface area contributed by atoms with Crippen molar-refractivity contribution in [1.82, 2.24) is 0 Å². The van der Waals surface area contributed by atoms with Gasteiger partial charge in [-0.3, -0.25) is 0 Å². The van der Waals surface area contributed by atoms with Crippen molar-refractivity contribution in [2.75, 3.05) is 13.2 Å². The monoisotopic (exact) mass is 258 g/mol. The van der Waals surface area contributed by atoms with Crippen LogP contribution in [0, 0.1) is 0 Å². The molecule has 3 nitrogen and oxygen atoms in total. The fourth-order valence-corrected chi connectivity index (χ4v) is 1.65. The second kappa shape index (κ2) is 9.28. The predicted molar refractivity (Wildman–Crippen MR) is 74.7 cm³/mol. The Morgan fingerprint density at radius 1 is 1.18 bits per heavy atom. The minimum atomic E-state index is 0. The molecule has 0 fully saturated rings. The maximum absolute atomic E-state index is 6.08. The summed E-state index contributed by atoms with van der Waals surface area (Å²) in [7, 11) is 0. The van der Waals surface area contributed by atoms with Crippen molar-refractivity contribution < 1.29 is 4.74 Å². The van der Waals surface area contributed by atoms with Crippen LogP contribution < -0.4 is 16.2 Å². The second-order valence-electron chi connectivity index (χ2n) is 3.89. The largest absolute Gasteiger partial charge is 0.494 e. The molecular weight excluding hydrogens is 236 g/mol. The van der Waals surface area contributed by atoms with Gasteiger partial charge in [0.25, 0.3) is 0 Å². The van der Waals surface area contributed by atoms with E-state index in [2.05, 4.69) is 0 Å².